The quantitative estimate of drug-likeness (QED) is 0.0243. The van der Waals surface area contributed by atoms with Gasteiger partial charge in [-0.15, -0.1) is 0 Å². The third-order valence-electron chi connectivity index (χ3n) is 12.7. The second-order valence-electron chi connectivity index (χ2n) is 21.0. The molecular weight excluding hydrogens is 924 g/mol. The molecule has 0 aromatic heterocycles. The molecule has 9 heteroatoms. The molecule has 1 amide bonds. The van der Waals surface area contributed by atoms with Gasteiger partial charge < -0.3 is 19.8 Å². The summed E-state index contributed by atoms with van der Waals surface area (Å²) in [5, 5.41) is 13.9. The van der Waals surface area contributed by atoms with Crippen LogP contribution in [0.4, 0.5) is 0 Å². The zero-order valence-electron chi connectivity index (χ0n) is 47.8. The van der Waals surface area contributed by atoms with Crippen LogP contribution in [0.25, 0.3) is 0 Å². The standard InChI is InChI=1S/C64H113N2O6P/c1-6-8-10-12-14-16-18-20-22-24-26-28-30-31-32-33-34-35-36-38-40-42-44-46-48-50-52-54-56-58-64(68)65-62(61-72-73(69,70)71-60-59-66(3,4)5)63(67)57-55-53-51-49-47-45-43-41-39-37-29-27-25-23-21-19-17-15-13-11-9-7-2/h8,10,14,16,20,22,26,28,31-32,34-35,39,41,47,49,55,57,62-63,67H,6-7,9,11-13,15,17-19,21,23-25,27,29-30,33,36-38,40,42-46,48,50-54,56,58-61H2,1-5H3,(H-,65,68,69,70)/p+1/b10-8-,16-14-,22-20-,28-26-,32-31-,35-34-,41-39+,49-47+,57-55+. The molecule has 0 bridgehead atoms. The van der Waals surface area contributed by atoms with Gasteiger partial charge in [-0.25, -0.2) is 4.57 Å². The molecule has 0 aliphatic heterocycles. The van der Waals surface area contributed by atoms with Crippen LogP contribution in [0.5, 0.6) is 0 Å². The van der Waals surface area contributed by atoms with E-state index in [1.54, 1.807) is 6.08 Å². The van der Waals surface area contributed by atoms with E-state index in [-0.39, 0.29) is 19.1 Å². The Balaban J connectivity index is 4.29. The molecule has 0 aromatic rings. The summed E-state index contributed by atoms with van der Waals surface area (Å²) in [6, 6.07) is -0.880. The maximum Gasteiger partial charge on any atom is 0.472 e. The largest absolute Gasteiger partial charge is 0.472 e. The van der Waals surface area contributed by atoms with Gasteiger partial charge in [0.15, 0.2) is 0 Å². The molecule has 0 radical (unpaired) electrons. The van der Waals surface area contributed by atoms with Crippen molar-refractivity contribution in [3.05, 3.63) is 109 Å². The third-order valence-corrected chi connectivity index (χ3v) is 13.7. The van der Waals surface area contributed by atoms with Crippen molar-refractivity contribution in [3.8, 4) is 0 Å². The fourth-order valence-electron chi connectivity index (χ4n) is 8.08. The Morgan fingerprint density at radius 3 is 1.26 bits per heavy atom. The summed E-state index contributed by atoms with van der Waals surface area (Å²) >= 11 is 0. The van der Waals surface area contributed by atoms with Crippen LogP contribution in [0.3, 0.4) is 0 Å². The number of nitrogens with one attached hydrogen (secondary N) is 1. The van der Waals surface area contributed by atoms with Crippen LogP contribution in [-0.2, 0) is 18.4 Å². The number of carbonyl (C=O) groups excluding carboxylic acids is 1. The van der Waals surface area contributed by atoms with Gasteiger partial charge in [-0.1, -0.05) is 245 Å². The molecule has 73 heavy (non-hydrogen) atoms. The van der Waals surface area contributed by atoms with Crippen LogP contribution in [0.2, 0.25) is 0 Å². The average Bonchev–Trinajstić information content (AvgIpc) is 3.35. The Kier molecular flexibility index (Phi) is 51.9. The lowest BCUT2D eigenvalue weighted by Gasteiger charge is -2.25. The third kappa shape index (κ3) is 56.7. The Bertz CT molecular complexity index is 1550. The maximum absolute atomic E-state index is 13.0. The van der Waals surface area contributed by atoms with E-state index in [9.17, 15) is 19.4 Å². The first-order chi connectivity index (χ1) is 35.5. The number of aliphatic hydroxyl groups is 1. The summed E-state index contributed by atoms with van der Waals surface area (Å²) < 4.78 is 23.7. The van der Waals surface area contributed by atoms with Gasteiger partial charge in [0, 0.05) is 6.42 Å². The normalized spacial score (nSPS) is 14.7. The monoisotopic (exact) mass is 1040 g/mol. The fourth-order valence-corrected chi connectivity index (χ4v) is 8.81. The minimum absolute atomic E-state index is 0.0474. The van der Waals surface area contributed by atoms with E-state index in [4.69, 9.17) is 9.05 Å². The molecule has 0 spiro atoms. The van der Waals surface area contributed by atoms with Gasteiger partial charge in [-0.05, 0) is 96.3 Å². The summed E-state index contributed by atoms with van der Waals surface area (Å²) in [5.41, 5.74) is 0. The molecule has 3 N–H and O–H groups in total. The first-order valence-corrected chi connectivity index (χ1v) is 31.3. The number of allylic oxidation sites excluding steroid dienone is 17. The van der Waals surface area contributed by atoms with Crippen molar-refractivity contribution in [2.45, 2.75) is 251 Å². The highest BCUT2D eigenvalue weighted by Gasteiger charge is 2.27. The zero-order chi connectivity index (χ0) is 53.5. The van der Waals surface area contributed by atoms with Crippen LogP contribution in [-0.4, -0.2) is 73.4 Å². The highest BCUT2D eigenvalue weighted by molar-refractivity contribution is 7.47. The molecule has 0 saturated heterocycles. The van der Waals surface area contributed by atoms with Crippen molar-refractivity contribution in [1.29, 1.82) is 0 Å². The number of phosphoric acid groups is 1. The summed E-state index contributed by atoms with van der Waals surface area (Å²) in [4.78, 5) is 23.3. The minimum Gasteiger partial charge on any atom is -0.387 e. The van der Waals surface area contributed by atoms with E-state index in [2.05, 4.69) is 116 Å². The Hall–Kier alpha value is -2.84. The van der Waals surface area contributed by atoms with E-state index >= 15 is 0 Å². The lowest BCUT2D eigenvalue weighted by molar-refractivity contribution is -0.870. The molecule has 3 unspecified atom stereocenters. The Labute approximate surface area is 451 Å². The maximum atomic E-state index is 13.0. The van der Waals surface area contributed by atoms with E-state index in [1.807, 2.05) is 27.2 Å². The number of aliphatic hydroxyl groups excluding tert-OH is 1. The number of phosphoric ester groups is 1. The number of quaternary nitrogens is 1. The zero-order valence-corrected chi connectivity index (χ0v) is 48.7. The predicted octanol–water partition coefficient (Wildman–Crippen LogP) is 18.4. The first-order valence-electron chi connectivity index (χ1n) is 29.8. The number of likely N-dealkylation sites (N-methyl/N-ethyl adjacent to an activating group) is 1. The van der Waals surface area contributed by atoms with Crippen LogP contribution in [0, 0.1) is 0 Å². The van der Waals surface area contributed by atoms with Crippen molar-refractivity contribution < 1.29 is 32.9 Å². The number of nitrogens with zero attached hydrogens (tertiary/aromatic N) is 1. The SMILES string of the molecule is CC/C=C\C/C=C\C/C=C\C/C=C\C/C=C\C/C=C\CCCCCCCCCCCCC(=O)NC(COP(=O)(O)OCC[N+](C)(C)C)C(O)/C=C/CC/C=C/CC/C=C/CCCCCCCCCCCCCC. The molecule has 420 valence electrons. The molecular formula is C64H114N2O6P+. The molecule has 0 aromatic carbocycles. The van der Waals surface area contributed by atoms with Crippen LogP contribution in [0.15, 0.2) is 109 Å². The summed E-state index contributed by atoms with van der Waals surface area (Å²) in [7, 11) is 1.53. The fraction of sp³-hybridized carbons (Fsp3) is 0.703. The highest BCUT2D eigenvalue weighted by atomic mass is 31.2. The van der Waals surface area contributed by atoms with Gasteiger partial charge in [-0.2, -0.15) is 0 Å². The predicted molar refractivity (Wildman–Crippen MR) is 318 cm³/mol. The highest BCUT2D eigenvalue weighted by Crippen LogP contribution is 2.43. The molecule has 0 aliphatic carbocycles. The van der Waals surface area contributed by atoms with Gasteiger partial charge in [0.2, 0.25) is 5.91 Å². The van der Waals surface area contributed by atoms with Gasteiger partial charge >= 0.3 is 7.82 Å². The lowest BCUT2D eigenvalue weighted by Crippen LogP contribution is -2.45. The average molecular weight is 1040 g/mol. The number of amides is 1. The van der Waals surface area contributed by atoms with Crippen molar-refractivity contribution in [3.63, 3.8) is 0 Å². The molecule has 8 nitrogen and oxygen atoms in total. The van der Waals surface area contributed by atoms with Crippen molar-refractivity contribution in [1.82, 2.24) is 5.32 Å². The number of hydrogen-bond donors (Lipinski definition) is 3. The molecule has 0 saturated carbocycles. The van der Waals surface area contributed by atoms with E-state index in [0.717, 1.165) is 89.9 Å². The van der Waals surface area contributed by atoms with Crippen molar-refractivity contribution in [2.75, 3.05) is 40.9 Å². The lowest BCUT2D eigenvalue weighted by atomic mass is 10.0. The van der Waals surface area contributed by atoms with Gasteiger partial charge in [0.25, 0.3) is 0 Å². The van der Waals surface area contributed by atoms with Crippen molar-refractivity contribution >= 4 is 13.7 Å². The Morgan fingerprint density at radius 1 is 0.479 bits per heavy atom. The summed E-state index contributed by atoms with van der Waals surface area (Å²) in [5.74, 6) is -0.199. The summed E-state index contributed by atoms with van der Waals surface area (Å²) in [6.45, 7) is 4.67. The minimum atomic E-state index is -4.37. The molecule has 0 rings (SSSR count). The topological polar surface area (TPSA) is 105 Å². The van der Waals surface area contributed by atoms with Gasteiger partial charge in [-0.3, -0.25) is 13.8 Å². The number of unbranched alkanes of at least 4 members (excludes halogenated alkanes) is 24. The smallest absolute Gasteiger partial charge is 0.387 e. The summed E-state index contributed by atoms with van der Waals surface area (Å²) in [6.07, 6.45) is 79.1. The number of rotatable bonds is 53. The second-order valence-corrected chi connectivity index (χ2v) is 22.4. The second kappa shape index (κ2) is 54.0. The molecule has 0 heterocycles. The molecule has 0 fully saturated rings. The van der Waals surface area contributed by atoms with Gasteiger partial charge in [0.05, 0.1) is 39.9 Å². The van der Waals surface area contributed by atoms with Crippen molar-refractivity contribution in [2.24, 2.45) is 0 Å². The van der Waals surface area contributed by atoms with E-state index in [1.165, 1.54) is 128 Å². The van der Waals surface area contributed by atoms with Crippen LogP contribution >= 0.6 is 7.82 Å². The van der Waals surface area contributed by atoms with Gasteiger partial charge in [0.1, 0.15) is 13.2 Å². The number of hydrogen-bond acceptors (Lipinski definition) is 5. The Morgan fingerprint density at radius 2 is 0.836 bits per heavy atom. The molecule has 3 atom stereocenters. The molecule has 0 aliphatic rings. The van der Waals surface area contributed by atoms with E-state index in [0.29, 0.717) is 17.4 Å². The number of carbonyl (C=O) groups is 1. The first kappa shape index (κ1) is 70.2. The van der Waals surface area contributed by atoms with Crippen LogP contribution < -0.4 is 5.32 Å². The van der Waals surface area contributed by atoms with Crippen LogP contribution in [0.1, 0.15) is 239 Å². The van der Waals surface area contributed by atoms with E-state index < -0.39 is 20.0 Å².